The molecule has 0 amide bonds. The van der Waals surface area contributed by atoms with Gasteiger partial charge in [-0.05, 0) is 30.4 Å². The lowest BCUT2D eigenvalue weighted by molar-refractivity contribution is 0.0745. The van der Waals surface area contributed by atoms with Crippen LogP contribution in [0.2, 0.25) is 0 Å². The van der Waals surface area contributed by atoms with E-state index in [-0.39, 0.29) is 0 Å². The zero-order valence-corrected chi connectivity index (χ0v) is 11.7. The van der Waals surface area contributed by atoms with E-state index in [1.165, 1.54) is 22.7 Å². The standard InChI is InChI=1S/C13H11NO2S2/c1-3-9-8(2)18-13(10(9)7-14)16-12(15)11-5-4-6-17-11/h4-6H,3H2,1-2H3. The zero-order valence-electron chi connectivity index (χ0n) is 10.0. The summed E-state index contributed by atoms with van der Waals surface area (Å²) < 4.78 is 5.31. The van der Waals surface area contributed by atoms with Gasteiger partial charge in [0.2, 0.25) is 5.06 Å². The first-order chi connectivity index (χ1) is 8.67. The molecule has 0 spiro atoms. The monoisotopic (exact) mass is 277 g/mol. The van der Waals surface area contributed by atoms with Crippen molar-refractivity contribution in [2.45, 2.75) is 20.3 Å². The Morgan fingerprint density at radius 1 is 1.56 bits per heavy atom. The fourth-order valence-electron chi connectivity index (χ4n) is 1.69. The van der Waals surface area contributed by atoms with Crippen LogP contribution in [-0.4, -0.2) is 5.97 Å². The van der Waals surface area contributed by atoms with Gasteiger partial charge in [0, 0.05) is 4.88 Å². The first-order valence-electron chi connectivity index (χ1n) is 5.45. The SMILES string of the molecule is CCc1c(C)sc(OC(=O)c2cccs2)c1C#N. The highest BCUT2D eigenvalue weighted by atomic mass is 32.1. The Bertz CT molecular complexity index is 606. The second-order valence-corrected chi connectivity index (χ2v) is 5.77. The quantitative estimate of drug-likeness (QED) is 0.802. The van der Waals surface area contributed by atoms with Crippen molar-refractivity contribution in [2.24, 2.45) is 0 Å². The lowest BCUT2D eigenvalue weighted by Crippen LogP contribution is -2.06. The number of hydrogen-bond acceptors (Lipinski definition) is 5. The van der Waals surface area contributed by atoms with E-state index >= 15 is 0 Å². The van der Waals surface area contributed by atoms with Gasteiger partial charge in [-0.3, -0.25) is 0 Å². The Morgan fingerprint density at radius 3 is 2.89 bits per heavy atom. The van der Waals surface area contributed by atoms with Gasteiger partial charge in [0.05, 0.1) is 0 Å². The van der Waals surface area contributed by atoms with E-state index in [0.717, 1.165) is 16.9 Å². The van der Waals surface area contributed by atoms with Crippen LogP contribution in [0.1, 0.15) is 32.6 Å². The van der Waals surface area contributed by atoms with Crippen LogP contribution in [0.15, 0.2) is 17.5 Å². The molecule has 0 saturated carbocycles. The molecule has 0 atom stereocenters. The van der Waals surface area contributed by atoms with Gasteiger partial charge in [-0.2, -0.15) is 5.26 Å². The van der Waals surface area contributed by atoms with Crippen LogP contribution in [0.3, 0.4) is 0 Å². The number of hydrogen-bond donors (Lipinski definition) is 0. The molecule has 0 N–H and O–H groups in total. The van der Waals surface area contributed by atoms with Gasteiger partial charge in [-0.25, -0.2) is 4.79 Å². The summed E-state index contributed by atoms with van der Waals surface area (Å²) in [5.41, 5.74) is 1.46. The van der Waals surface area contributed by atoms with E-state index in [1.54, 1.807) is 12.1 Å². The van der Waals surface area contributed by atoms with E-state index in [2.05, 4.69) is 6.07 Å². The minimum atomic E-state index is -0.398. The predicted octanol–water partition coefficient (Wildman–Crippen LogP) is 3.77. The first kappa shape index (κ1) is 12.8. The summed E-state index contributed by atoms with van der Waals surface area (Å²) in [6.45, 7) is 3.92. The number of rotatable bonds is 3. The average Bonchev–Trinajstić information content (AvgIpc) is 2.96. The molecule has 18 heavy (non-hydrogen) atoms. The molecule has 5 heteroatoms. The zero-order chi connectivity index (χ0) is 13.1. The highest BCUT2D eigenvalue weighted by Crippen LogP contribution is 2.35. The Balaban J connectivity index is 2.30. The van der Waals surface area contributed by atoms with Crippen LogP contribution in [-0.2, 0) is 6.42 Å². The van der Waals surface area contributed by atoms with Crippen molar-refractivity contribution in [3.8, 4) is 11.1 Å². The lowest BCUT2D eigenvalue weighted by atomic mass is 10.1. The summed E-state index contributed by atoms with van der Waals surface area (Å²) in [7, 11) is 0. The normalized spacial score (nSPS) is 10.1. The molecule has 0 aliphatic rings. The third-order valence-electron chi connectivity index (χ3n) is 2.55. The van der Waals surface area contributed by atoms with E-state index < -0.39 is 5.97 Å². The first-order valence-corrected chi connectivity index (χ1v) is 7.15. The molecule has 2 heterocycles. The topological polar surface area (TPSA) is 50.1 Å². The summed E-state index contributed by atoms with van der Waals surface area (Å²) in [5, 5.41) is 11.4. The van der Waals surface area contributed by atoms with Crippen LogP contribution in [0, 0.1) is 18.3 Å². The van der Waals surface area contributed by atoms with E-state index in [1.807, 2.05) is 19.2 Å². The van der Waals surface area contributed by atoms with Gasteiger partial charge in [0.1, 0.15) is 16.5 Å². The number of carbonyl (C=O) groups excluding carboxylic acids is 1. The molecule has 0 aliphatic carbocycles. The number of esters is 1. The maximum absolute atomic E-state index is 11.8. The summed E-state index contributed by atoms with van der Waals surface area (Å²) in [5.74, 6) is -0.398. The second-order valence-electron chi connectivity index (χ2n) is 3.63. The van der Waals surface area contributed by atoms with E-state index in [9.17, 15) is 4.79 Å². The Morgan fingerprint density at radius 2 is 2.33 bits per heavy atom. The number of nitriles is 1. The van der Waals surface area contributed by atoms with Gasteiger partial charge in [0.25, 0.3) is 0 Å². The molecule has 92 valence electrons. The molecule has 0 bridgehead atoms. The second kappa shape index (κ2) is 5.34. The van der Waals surface area contributed by atoms with Crippen LogP contribution in [0.5, 0.6) is 5.06 Å². The van der Waals surface area contributed by atoms with Crippen molar-refractivity contribution in [1.29, 1.82) is 5.26 Å². The largest absolute Gasteiger partial charge is 0.410 e. The number of ether oxygens (including phenoxy) is 1. The molecular weight excluding hydrogens is 266 g/mol. The van der Waals surface area contributed by atoms with E-state index in [4.69, 9.17) is 10.00 Å². The molecule has 0 fully saturated rings. The van der Waals surface area contributed by atoms with Crippen molar-refractivity contribution in [3.63, 3.8) is 0 Å². The maximum atomic E-state index is 11.8. The molecule has 2 aromatic rings. The minimum absolute atomic E-state index is 0.398. The molecule has 0 unspecified atom stereocenters. The number of nitrogens with zero attached hydrogens (tertiary/aromatic N) is 1. The third kappa shape index (κ3) is 2.30. The van der Waals surface area contributed by atoms with Crippen molar-refractivity contribution >= 4 is 28.6 Å². The molecule has 2 rings (SSSR count). The van der Waals surface area contributed by atoms with Crippen LogP contribution in [0.25, 0.3) is 0 Å². The van der Waals surface area contributed by atoms with Gasteiger partial charge in [-0.1, -0.05) is 13.0 Å². The molecule has 0 aliphatic heterocycles. The lowest BCUT2D eigenvalue weighted by Gasteiger charge is -2.00. The fourth-order valence-corrected chi connectivity index (χ4v) is 3.33. The summed E-state index contributed by atoms with van der Waals surface area (Å²) in [4.78, 5) is 13.4. The molecular formula is C13H11NO2S2. The third-order valence-corrected chi connectivity index (χ3v) is 4.43. The van der Waals surface area contributed by atoms with Crippen LogP contribution < -0.4 is 4.74 Å². The van der Waals surface area contributed by atoms with Crippen molar-refractivity contribution in [3.05, 3.63) is 38.4 Å². The molecule has 0 radical (unpaired) electrons. The predicted molar refractivity (Wildman–Crippen MR) is 72.4 cm³/mol. The smallest absolute Gasteiger partial charge is 0.354 e. The van der Waals surface area contributed by atoms with Gasteiger partial charge < -0.3 is 4.74 Å². The fraction of sp³-hybridized carbons (Fsp3) is 0.231. The highest BCUT2D eigenvalue weighted by Gasteiger charge is 2.19. The molecule has 0 saturated heterocycles. The van der Waals surface area contributed by atoms with Crippen LogP contribution in [0.4, 0.5) is 0 Å². The Hall–Kier alpha value is -1.64. The van der Waals surface area contributed by atoms with Gasteiger partial charge >= 0.3 is 5.97 Å². The summed E-state index contributed by atoms with van der Waals surface area (Å²) in [6.07, 6.45) is 0.766. The minimum Gasteiger partial charge on any atom is -0.410 e. The number of carbonyl (C=O) groups is 1. The highest BCUT2D eigenvalue weighted by molar-refractivity contribution is 7.14. The molecule has 3 nitrogen and oxygen atoms in total. The average molecular weight is 277 g/mol. The number of aryl methyl sites for hydroxylation is 1. The van der Waals surface area contributed by atoms with Crippen molar-refractivity contribution in [2.75, 3.05) is 0 Å². The van der Waals surface area contributed by atoms with Crippen LogP contribution >= 0.6 is 22.7 Å². The van der Waals surface area contributed by atoms with Gasteiger partial charge in [0.15, 0.2) is 0 Å². The molecule has 0 aromatic carbocycles. The van der Waals surface area contributed by atoms with E-state index in [0.29, 0.717) is 15.5 Å². The van der Waals surface area contributed by atoms with Crippen molar-refractivity contribution < 1.29 is 9.53 Å². The summed E-state index contributed by atoms with van der Waals surface area (Å²) in [6, 6.07) is 5.63. The van der Waals surface area contributed by atoms with Gasteiger partial charge in [-0.15, -0.1) is 22.7 Å². The maximum Gasteiger partial charge on any atom is 0.354 e. The van der Waals surface area contributed by atoms with Crippen molar-refractivity contribution in [1.82, 2.24) is 0 Å². The molecule has 2 aromatic heterocycles. The Kier molecular flexibility index (Phi) is 3.80. The number of thiophene rings is 2. The summed E-state index contributed by atoms with van der Waals surface area (Å²) >= 11 is 2.68. The Labute approximate surface area is 113 Å².